The first kappa shape index (κ1) is 9.51. The molecule has 0 atom stereocenters. The predicted octanol–water partition coefficient (Wildman–Crippen LogP) is 0.992. The van der Waals surface area contributed by atoms with E-state index in [1.165, 1.54) is 0 Å². The molecule has 0 radical (unpaired) electrons. The fourth-order valence-corrected chi connectivity index (χ4v) is 1.06. The van der Waals surface area contributed by atoms with Crippen molar-refractivity contribution in [1.82, 2.24) is 10.6 Å². The van der Waals surface area contributed by atoms with Crippen LogP contribution < -0.4 is 10.6 Å². The number of hydrogen-bond acceptors (Lipinski definition) is 3. The Labute approximate surface area is 78.0 Å². The number of aliphatic imine (C=N–C) groups is 1. The van der Waals surface area contributed by atoms with Crippen LogP contribution in [0.2, 0.25) is 0 Å². The van der Waals surface area contributed by atoms with Gasteiger partial charge < -0.3 is 10.6 Å². The minimum absolute atomic E-state index is 0.310. The van der Waals surface area contributed by atoms with Crippen LogP contribution in [0.1, 0.15) is 13.8 Å². The Hall–Kier alpha value is -1.58. The molecule has 1 heterocycles. The molecule has 0 aromatic heterocycles. The van der Waals surface area contributed by atoms with Gasteiger partial charge in [0.15, 0.2) is 0 Å². The molecule has 0 spiro atoms. The van der Waals surface area contributed by atoms with Crippen molar-refractivity contribution < 1.29 is 0 Å². The number of rotatable bonds is 1. The van der Waals surface area contributed by atoms with E-state index in [4.69, 9.17) is 5.41 Å². The van der Waals surface area contributed by atoms with Crippen LogP contribution in [0.3, 0.4) is 0 Å². The highest BCUT2D eigenvalue weighted by molar-refractivity contribution is 6.14. The molecule has 0 saturated carbocycles. The summed E-state index contributed by atoms with van der Waals surface area (Å²) in [5.41, 5.74) is 2.76. The van der Waals surface area contributed by atoms with Gasteiger partial charge in [0.25, 0.3) is 0 Å². The monoisotopic (exact) mass is 178 g/mol. The van der Waals surface area contributed by atoms with Crippen molar-refractivity contribution in [2.45, 2.75) is 13.8 Å². The molecule has 0 amide bonds. The van der Waals surface area contributed by atoms with Crippen LogP contribution in [0.4, 0.5) is 0 Å². The summed E-state index contributed by atoms with van der Waals surface area (Å²) < 4.78 is 0. The largest absolute Gasteiger partial charge is 0.390 e. The van der Waals surface area contributed by atoms with Crippen LogP contribution in [-0.4, -0.2) is 18.6 Å². The van der Waals surface area contributed by atoms with Gasteiger partial charge in [-0.1, -0.05) is 0 Å². The maximum atomic E-state index is 7.26. The second kappa shape index (κ2) is 3.89. The number of nitrogens with zero attached hydrogens (tertiary/aromatic N) is 1. The molecule has 0 bridgehead atoms. The SMILES string of the molecule is CN/C(C)=C1\NC=C\C1=N\C(C)=N. The van der Waals surface area contributed by atoms with Crippen LogP contribution in [0.25, 0.3) is 0 Å². The lowest BCUT2D eigenvalue weighted by Gasteiger charge is -2.06. The van der Waals surface area contributed by atoms with Crippen molar-refractivity contribution in [3.05, 3.63) is 23.7 Å². The summed E-state index contributed by atoms with van der Waals surface area (Å²) in [6.07, 6.45) is 3.67. The van der Waals surface area contributed by atoms with Gasteiger partial charge in [-0.15, -0.1) is 0 Å². The van der Waals surface area contributed by atoms with Crippen molar-refractivity contribution in [1.29, 1.82) is 5.41 Å². The molecule has 0 saturated heterocycles. The molecule has 3 N–H and O–H groups in total. The van der Waals surface area contributed by atoms with E-state index in [-0.39, 0.29) is 0 Å². The predicted molar refractivity (Wildman–Crippen MR) is 54.9 cm³/mol. The second-order valence-electron chi connectivity index (χ2n) is 2.81. The molecule has 1 aliphatic heterocycles. The highest BCUT2D eigenvalue weighted by Crippen LogP contribution is 2.07. The third-order valence-electron chi connectivity index (χ3n) is 1.76. The van der Waals surface area contributed by atoms with Gasteiger partial charge in [0, 0.05) is 18.9 Å². The van der Waals surface area contributed by atoms with E-state index in [0.29, 0.717) is 5.84 Å². The first-order chi connectivity index (χ1) is 6.15. The van der Waals surface area contributed by atoms with Crippen molar-refractivity contribution >= 4 is 11.5 Å². The number of hydrogen-bond donors (Lipinski definition) is 3. The van der Waals surface area contributed by atoms with Gasteiger partial charge in [-0.3, -0.25) is 5.41 Å². The minimum atomic E-state index is 0.310. The summed E-state index contributed by atoms with van der Waals surface area (Å²) in [5.74, 6) is 0.310. The first-order valence-electron chi connectivity index (χ1n) is 4.11. The average Bonchev–Trinajstić information content (AvgIpc) is 2.50. The maximum absolute atomic E-state index is 7.26. The quantitative estimate of drug-likeness (QED) is 0.414. The van der Waals surface area contributed by atoms with Crippen molar-refractivity contribution in [3.8, 4) is 0 Å². The zero-order valence-electron chi connectivity index (χ0n) is 8.10. The number of allylic oxidation sites excluding steroid dienone is 2. The normalized spacial score (nSPS) is 21.6. The topological polar surface area (TPSA) is 60.3 Å². The minimum Gasteiger partial charge on any atom is -0.390 e. The van der Waals surface area contributed by atoms with Gasteiger partial charge in [-0.2, -0.15) is 0 Å². The van der Waals surface area contributed by atoms with Gasteiger partial charge in [0.1, 0.15) is 5.84 Å². The number of nitrogens with one attached hydrogen (secondary N) is 3. The van der Waals surface area contributed by atoms with Gasteiger partial charge in [-0.25, -0.2) is 4.99 Å². The van der Waals surface area contributed by atoms with E-state index in [0.717, 1.165) is 17.1 Å². The van der Waals surface area contributed by atoms with E-state index in [1.54, 1.807) is 6.92 Å². The fraction of sp³-hybridized carbons (Fsp3) is 0.333. The molecule has 0 unspecified atom stereocenters. The zero-order chi connectivity index (χ0) is 9.84. The average molecular weight is 178 g/mol. The van der Waals surface area contributed by atoms with Crippen LogP contribution in [0, 0.1) is 5.41 Å². The summed E-state index contributed by atoms with van der Waals surface area (Å²) in [4.78, 5) is 4.08. The van der Waals surface area contributed by atoms with Crippen molar-refractivity contribution in [2.75, 3.05) is 7.05 Å². The van der Waals surface area contributed by atoms with Gasteiger partial charge in [-0.05, 0) is 19.9 Å². The van der Waals surface area contributed by atoms with Gasteiger partial charge in [0.2, 0.25) is 0 Å². The Morgan fingerprint density at radius 1 is 1.54 bits per heavy atom. The van der Waals surface area contributed by atoms with Crippen LogP contribution >= 0.6 is 0 Å². The van der Waals surface area contributed by atoms with E-state index in [9.17, 15) is 0 Å². The Morgan fingerprint density at radius 3 is 2.77 bits per heavy atom. The summed E-state index contributed by atoms with van der Waals surface area (Å²) in [6, 6.07) is 0. The molecule has 1 rings (SSSR count). The van der Waals surface area contributed by atoms with Gasteiger partial charge in [0.05, 0.1) is 11.4 Å². The van der Waals surface area contributed by atoms with Crippen LogP contribution in [-0.2, 0) is 0 Å². The highest BCUT2D eigenvalue weighted by Gasteiger charge is 2.11. The van der Waals surface area contributed by atoms with E-state index in [2.05, 4.69) is 15.6 Å². The second-order valence-corrected chi connectivity index (χ2v) is 2.81. The third kappa shape index (κ3) is 2.18. The van der Waals surface area contributed by atoms with Gasteiger partial charge >= 0.3 is 0 Å². The molecule has 70 valence electrons. The summed E-state index contributed by atoms with van der Waals surface area (Å²) in [6.45, 7) is 3.62. The van der Waals surface area contributed by atoms with Crippen molar-refractivity contribution in [2.24, 2.45) is 4.99 Å². The number of amidine groups is 1. The summed E-state index contributed by atoms with van der Waals surface area (Å²) in [5, 5.41) is 13.4. The first-order valence-corrected chi connectivity index (χ1v) is 4.11. The molecular weight excluding hydrogens is 164 g/mol. The lowest BCUT2D eigenvalue weighted by Crippen LogP contribution is -2.16. The zero-order valence-corrected chi connectivity index (χ0v) is 8.10. The molecular formula is C9H14N4. The summed E-state index contributed by atoms with van der Waals surface area (Å²) >= 11 is 0. The van der Waals surface area contributed by atoms with Crippen molar-refractivity contribution in [3.63, 3.8) is 0 Å². The Bertz CT molecular complexity index is 310. The summed E-state index contributed by atoms with van der Waals surface area (Å²) in [7, 11) is 1.86. The lowest BCUT2D eigenvalue weighted by molar-refractivity contribution is 0.944. The van der Waals surface area contributed by atoms with E-state index in [1.807, 2.05) is 26.2 Å². The molecule has 0 fully saturated rings. The van der Waals surface area contributed by atoms with E-state index < -0.39 is 0 Å². The molecule has 0 aliphatic carbocycles. The molecule has 4 heteroatoms. The Morgan fingerprint density at radius 2 is 2.23 bits per heavy atom. The van der Waals surface area contributed by atoms with Crippen LogP contribution in [0.5, 0.6) is 0 Å². The molecule has 0 aromatic rings. The van der Waals surface area contributed by atoms with Crippen LogP contribution in [0.15, 0.2) is 28.7 Å². The molecule has 1 aliphatic rings. The van der Waals surface area contributed by atoms with E-state index >= 15 is 0 Å². The maximum Gasteiger partial charge on any atom is 0.118 e. The third-order valence-corrected chi connectivity index (χ3v) is 1.76. The fourth-order valence-electron chi connectivity index (χ4n) is 1.06. The molecule has 4 nitrogen and oxygen atoms in total. The Balaban J connectivity index is 2.98. The lowest BCUT2D eigenvalue weighted by atomic mass is 10.2. The smallest absolute Gasteiger partial charge is 0.118 e. The standard InChI is InChI=1S/C9H14N4/c1-6(11-3)9-8(4-5-12-9)13-7(2)10/h4-5,10-12H,1-3H3/b9-6-,10-7?,13-8-. The highest BCUT2D eigenvalue weighted by atomic mass is 15.0. The Kier molecular flexibility index (Phi) is 2.84. The molecule has 0 aromatic carbocycles. The molecule has 13 heavy (non-hydrogen) atoms.